The fraction of sp³-hybridized carbons (Fsp3) is 0.188. The zero-order valence-electron chi connectivity index (χ0n) is 11.5. The predicted octanol–water partition coefficient (Wildman–Crippen LogP) is 2.48. The average Bonchev–Trinajstić information content (AvgIpc) is 2.98. The number of hydrogen-bond acceptors (Lipinski definition) is 4. The molecule has 2 aliphatic rings. The number of halogens is 1. The molecular formula is C16H13ClN2O3. The third-order valence-corrected chi connectivity index (χ3v) is 4.20. The van der Waals surface area contributed by atoms with Crippen LogP contribution in [0.4, 0.5) is 5.69 Å². The first-order valence-electron chi connectivity index (χ1n) is 6.89. The molecule has 0 aromatic heterocycles. The summed E-state index contributed by atoms with van der Waals surface area (Å²) in [5, 5.41) is 0.620. The molecule has 0 aliphatic carbocycles. The summed E-state index contributed by atoms with van der Waals surface area (Å²) in [6, 6.07) is 12.0. The maximum Gasteiger partial charge on any atom is 0.247 e. The molecule has 2 heterocycles. The number of nitrogens with two attached hydrogens (primary N) is 1. The van der Waals surface area contributed by atoms with E-state index in [-0.39, 0.29) is 18.7 Å². The molecule has 22 heavy (non-hydrogen) atoms. The van der Waals surface area contributed by atoms with Gasteiger partial charge in [-0.15, -0.1) is 0 Å². The Balaban J connectivity index is 1.72. The number of hydrogen-bond donors (Lipinski definition) is 1. The second-order valence-electron chi connectivity index (χ2n) is 5.27. The Morgan fingerprint density at radius 2 is 1.95 bits per heavy atom. The van der Waals surface area contributed by atoms with Gasteiger partial charge >= 0.3 is 0 Å². The van der Waals surface area contributed by atoms with Gasteiger partial charge in [0, 0.05) is 16.8 Å². The van der Waals surface area contributed by atoms with E-state index >= 15 is 0 Å². The number of anilines is 1. The molecule has 2 aromatic rings. The Morgan fingerprint density at radius 1 is 1.14 bits per heavy atom. The Labute approximate surface area is 132 Å². The summed E-state index contributed by atoms with van der Waals surface area (Å²) in [6.45, 7) is 0.198. The van der Waals surface area contributed by atoms with Gasteiger partial charge in [0.05, 0.1) is 6.04 Å². The number of amides is 1. The van der Waals surface area contributed by atoms with E-state index in [9.17, 15) is 4.79 Å². The molecule has 0 bridgehead atoms. The third-order valence-electron chi connectivity index (χ3n) is 3.97. The van der Waals surface area contributed by atoms with Gasteiger partial charge in [-0.2, -0.15) is 0 Å². The highest BCUT2D eigenvalue weighted by Crippen LogP contribution is 2.42. The number of carbonyl (C=O) groups excluding carboxylic acids is 1. The zero-order chi connectivity index (χ0) is 15.3. The van der Waals surface area contributed by atoms with E-state index in [0.29, 0.717) is 16.5 Å². The van der Waals surface area contributed by atoms with Crippen molar-refractivity contribution in [3.05, 3.63) is 53.1 Å². The third kappa shape index (κ3) is 1.94. The Bertz CT molecular complexity index is 765. The van der Waals surface area contributed by atoms with Crippen LogP contribution in [0.25, 0.3) is 0 Å². The highest BCUT2D eigenvalue weighted by Gasteiger charge is 2.47. The van der Waals surface area contributed by atoms with Crippen molar-refractivity contribution in [2.75, 3.05) is 11.7 Å². The van der Waals surface area contributed by atoms with Crippen LogP contribution in [0.15, 0.2) is 42.5 Å². The van der Waals surface area contributed by atoms with Crippen LogP contribution in [0.5, 0.6) is 11.5 Å². The fourth-order valence-corrected chi connectivity index (χ4v) is 3.08. The van der Waals surface area contributed by atoms with E-state index in [1.807, 2.05) is 24.3 Å². The Kier molecular flexibility index (Phi) is 2.99. The minimum atomic E-state index is -0.566. The second kappa shape index (κ2) is 4.90. The molecule has 2 aromatic carbocycles. The van der Waals surface area contributed by atoms with Crippen molar-refractivity contribution < 1.29 is 14.3 Å². The van der Waals surface area contributed by atoms with Crippen LogP contribution in [0.1, 0.15) is 11.6 Å². The Hall–Kier alpha value is -2.24. The number of ether oxygens (including phenoxy) is 2. The lowest BCUT2D eigenvalue weighted by Gasteiger charge is -2.45. The number of rotatable bonds is 2. The molecule has 2 atom stereocenters. The van der Waals surface area contributed by atoms with E-state index in [0.717, 1.165) is 11.3 Å². The van der Waals surface area contributed by atoms with Crippen LogP contribution in [0.3, 0.4) is 0 Å². The summed E-state index contributed by atoms with van der Waals surface area (Å²) in [5.41, 5.74) is 7.65. The van der Waals surface area contributed by atoms with Crippen molar-refractivity contribution in [3.8, 4) is 11.5 Å². The topological polar surface area (TPSA) is 64.8 Å². The van der Waals surface area contributed by atoms with Gasteiger partial charge < -0.3 is 20.1 Å². The van der Waals surface area contributed by atoms with Crippen LogP contribution >= 0.6 is 11.6 Å². The van der Waals surface area contributed by atoms with Gasteiger partial charge in [-0.3, -0.25) is 4.79 Å². The Morgan fingerprint density at radius 3 is 2.77 bits per heavy atom. The molecule has 0 saturated carbocycles. The summed E-state index contributed by atoms with van der Waals surface area (Å²) in [4.78, 5) is 13.9. The molecule has 0 radical (unpaired) electrons. The van der Waals surface area contributed by atoms with Gasteiger partial charge in [0.2, 0.25) is 12.7 Å². The van der Waals surface area contributed by atoms with E-state index < -0.39 is 6.04 Å². The molecule has 6 heteroatoms. The number of benzene rings is 2. The van der Waals surface area contributed by atoms with Crippen LogP contribution in [-0.2, 0) is 4.79 Å². The molecule has 2 aliphatic heterocycles. The minimum absolute atomic E-state index is 0.121. The molecule has 112 valence electrons. The molecule has 1 fully saturated rings. The molecule has 1 saturated heterocycles. The monoisotopic (exact) mass is 316 g/mol. The highest BCUT2D eigenvalue weighted by molar-refractivity contribution is 6.30. The van der Waals surface area contributed by atoms with Crippen LogP contribution in [0, 0.1) is 0 Å². The second-order valence-corrected chi connectivity index (χ2v) is 5.71. The van der Waals surface area contributed by atoms with Crippen LogP contribution in [-0.4, -0.2) is 18.7 Å². The summed E-state index contributed by atoms with van der Waals surface area (Å²) >= 11 is 6.04. The smallest absolute Gasteiger partial charge is 0.247 e. The van der Waals surface area contributed by atoms with E-state index in [1.165, 1.54) is 0 Å². The lowest BCUT2D eigenvalue weighted by atomic mass is 9.88. The summed E-state index contributed by atoms with van der Waals surface area (Å²) < 4.78 is 10.7. The molecule has 5 nitrogen and oxygen atoms in total. The molecule has 1 amide bonds. The number of β-lactam (4-membered cyclic amide) rings is 1. The SMILES string of the molecule is N[C@@H]1C(=O)N(c2ccc3c(c2)OCO3)[C@@H]1c1cccc(Cl)c1. The fourth-order valence-electron chi connectivity index (χ4n) is 2.88. The van der Waals surface area contributed by atoms with E-state index in [4.69, 9.17) is 26.8 Å². The molecule has 0 spiro atoms. The van der Waals surface area contributed by atoms with E-state index in [1.54, 1.807) is 23.1 Å². The number of nitrogens with zero attached hydrogens (tertiary/aromatic N) is 1. The first-order valence-corrected chi connectivity index (χ1v) is 7.27. The van der Waals surface area contributed by atoms with Crippen LogP contribution < -0.4 is 20.1 Å². The van der Waals surface area contributed by atoms with Crippen molar-refractivity contribution in [1.29, 1.82) is 0 Å². The molecule has 0 unspecified atom stereocenters. The first kappa shape index (κ1) is 13.4. The highest BCUT2D eigenvalue weighted by atomic mass is 35.5. The quantitative estimate of drug-likeness (QED) is 0.865. The number of carbonyl (C=O) groups is 1. The maximum absolute atomic E-state index is 12.2. The molecule has 4 rings (SSSR count). The lowest BCUT2D eigenvalue weighted by molar-refractivity contribution is -0.126. The van der Waals surface area contributed by atoms with Gasteiger partial charge in [0.25, 0.3) is 0 Å². The van der Waals surface area contributed by atoms with Gasteiger partial charge in [-0.05, 0) is 29.8 Å². The zero-order valence-corrected chi connectivity index (χ0v) is 12.3. The molecule has 2 N–H and O–H groups in total. The van der Waals surface area contributed by atoms with Crippen molar-refractivity contribution >= 4 is 23.2 Å². The maximum atomic E-state index is 12.2. The van der Waals surface area contributed by atoms with Crippen molar-refractivity contribution in [2.24, 2.45) is 5.73 Å². The van der Waals surface area contributed by atoms with Crippen molar-refractivity contribution in [1.82, 2.24) is 0 Å². The van der Waals surface area contributed by atoms with E-state index in [2.05, 4.69) is 0 Å². The average molecular weight is 317 g/mol. The summed E-state index contributed by atoms with van der Waals surface area (Å²) in [5.74, 6) is 1.19. The van der Waals surface area contributed by atoms with Gasteiger partial charge in [-0.1, -0.05) is 23.7 Å². The van der Waals surface area contributed by atoms with Crippen LogP contribution in [0.2, 0.25) is 5.02 Å². The van der Waals surface area contributed by atoms with Gasteiger partial charge in [0.1, 0.15) is 6.04 Å². The largest absolute Gasteiger partial charge is 0.454 e. The van der Waals surface area contributed by atoms with Crippen molar-refractivity contribution in [2.45, 2.75) is 12.1 Å². The van der Waals surface area contributed by atoms with Gasteiger partial charge in [-0.25, -0.2) is 0 Å². The first-order chi connectivity index (χ1) is 10.6. The van der Waals surface area contributed by atoms with Crippen molar-refractivity contribution in [3.63, 3.8) is 0 Å². The summed E-state index contributed by atoms with van der Waals surface area (Å²) in [7, 11) is 0. The minimum Gasteiger partial charge on any atom is -0.454 e. The lowest BCUT2D eigenvalue weighted by Crippen LogP contribution is -2.63. The standard InChI is InChI=1S/C16H13ClN2O3/c17-10-3-1-2-9(6-10)15-14(18)16(20)19(15)11-4-5-12-13(7-11)22-8-21-12/h1-7,14-15H,8,18H2/t14-,15+/m0/s1. The summed E-state index contributed by atoms with van der Waals surface area (Å²) in [6.07, 6.45) is 0. The number of fused-ring (bicyclic) bond motifs is 1. The van der Waals surface area contributed by atoms with Gasteiger partial charge in [0.15, 0.2) is 11.5 Å². The predicted molar refractivity (Wildman–Crippen MR) is 82.2 cm³/mol. The normalized spacial score (nSPS) is 22.6. The molecular weight excluding hydrogens is 304 g/mol.